The Balaban J connectivity index is 2.75. The molecule has 0 spiro atoms. The van der Waals surface area contributed by atoms with Gasteiger partial charge < -0.3 is 5.84 Å². The second kappa shape index (κ2) is 7.40. The molecule has 0 heterocycles. The van der Waals surface area contributed by atoms with Gasteiger partial charge in [0.15, 0.2) is 0 Å². The van der Waals surface area contributed by atoms with Crippen molar-refractivity contribution in [2.45, 2.75) is 32.6 Å². The number of hydrogen-bond donors (Lipinski definition) is 1. The maximum absolute atomic E-state index is 4.80. The van der Waals surface area contributed by atoms with E-state index in [4.69, 9.17) is 5.84 Å². The third-order valence-electron chi connectivity index (χ3n) is 1.19. The minimum atomic E-state index is 0.788. The number of nitrogens with zero attached hydrogens (tertiary/aromatic N) is 2. The van der Waals surface area contributed by atoms with E-state index in [1.807, 2.05) is 0 Å². The SMILES string of the molecule is CCCCCCN=NN. The molecule has 0 saturated carbocycles. The highest BCUT2D eigenvalue weighted by Gasteiger charge is 1.83. The van der Waals surface area contributed by atoms with Crippen LogP contribution in [0.3, 0.4) is 0 Å². The Morgan fingerprint density at radius 1 is 1.22 bits per heavy atom. The van der Waals surface area contributed by atoms with E-state index < -0.39 is 0 Å². The van der Waals surface area contributed by atoms with Crippen LogP contribution in [0.5, 0.6) is 0 Å². The minimum absolute atomic E-state index is 0.788. The first-order valence-electron chi connectivity index (χ1n) is 3.48. The molecule has 3 heteroatoms. The second-order valence-corrected chi connectivity index (χ2v) is 2.04. The topological polar surface area (TPSA) is 50.7 Å². The van der Waals surface area contributed by atoms with Gasteiger partial charge in [0.05, 0.1) is 6.54 Å². The summed E-state index contributed by atoms with van der Waals surface area (Å²) in [6.45, 7) is 2.97. The molecular weight excluding hydrogens is 114 g/mol. The van der Waals surface area contributed by atoms with Gasteiger partial charge in [-0.15, -0.1) is 0 Å². The summed E-state index contributed by atoms with van der Waals surface area (Å²) >= 11 is 0. The van der Waals surface area contributed by atoms with Gasteiger partial charge in [0.1, 0.15) is 0 Å². The Morgan fingerprint density at radius 3 is 2.56 bits per heavy atom. The zero-order chi connectivity index (χ0) is 6.95. The molecule has 0 rings (SSSR count). The Kier molecular flexibility index (Phi) is 6.91. The molecule has 0 aliphatic heterocycles. The molecule has 0 aliphatic carbocycles. The molecular formula is C6H15N3. The highest BCUT2D eigenvalue weighted by molar-refractivity contribution is 4.41. The zero-order valence-electron chi connectivity index (χ0n) is 6.01. The van der Waals surface area contributed by atoms with Crippen molar-refractivity contribution in [2.75, 3.05) is 6.54 Å². The van der Waals surface area contributed by atoms with Crippen LogP contribution in [-0.4, -0.2) is 6.54 Å². The third kappa shape index (κ3) is 7.40. The van der Waals surface area contributed by atoms with Crippen LogP contribution in [-0.2, 0) is 0 Å². The maximum atomic E-state index is 4.80. The Bertz CT molecular complexity index is 70.7. The standard InChI is InChI=1S/C6H15N3/c1-2-3-4-5-6-8-9-7/h2-6H2,1H3,(H2,7,8). The lowest BCUT2D eigenvalue weighted by Crippen LogP contribution is -1.82. The molecule has 0 fully saturated rings. The lowest BCUT2D eigenvalue weighted by molar-refractivity contribution is 0.661. The van der Waals surface area contributed by atoms with Crippen molar-refractivity contribution in [1.29, 1.82) is 0 Å². The Labute approximate surface area is 56.3 Å². The summed E-state index contributed by atoms with van der Waals surface area (Å²) in [7, 11) is 0. The van der Waals surface area contributed by atoms with Crippen molar-refractivity contribution in [3.05, 3.63) is 0 Å². The minimum Gasteiger partial charge on any atom is -0.305 e. The van der Waals surface area contributed by atoms with E-state index in [9.17, 15) is 0 Å². The third-order valence-corrected chi connectivity index (χ3v) is 1.19. The first-order valence-corrected chi connectivity index (χ1v) is 3.48. The summed E-state index contributed by atoms with van der Waals surface area (Å²) in [6.07, 6.45) is 4.92. The molecule has 0 radical (unpaired) electrons. The lowest BCUT2D eigenvalue weighted by atomic mass is 10.2. The molecule has 0 aromatic rings. The maximum Gasteiger partial charge on any atom is 0.0620 e. The van der Waals surface area contributed by atoms with Crippen molar-refractivity contribution >= 4 is 0 Å². The van der Waals surface area contributed by atoms with Gasteiger partial charge in [-0.25, -0.2) is 0 Å². The highest BCUT2D eigenvalue weighted by Crippen LogP contribution is 1.97. The summed E-state index contributed by atoms with van der Waals surface area (Å²) in [5.74, 6) is 4.80. The predicted molar refractivity (Wildman–Crippen MR) is 38.1 cm³/mol. The van der Waals surface area contributed by atoms with E-state index in [0.717, 1.165) is 13.0 Å². The average Bonchev–Trinajstić information content (AvgIpc) is 1.89. The van der Waals surface area contributed by atoms with Gasteiger partial charge >= 0.3 is 0 Å². The molecule has 9 heavy (non-hydrogen) atoms. The molecule has 3 nitrogen and oxygen atoms in total. The molecule has 2 N–H and O–H groups in total. The van der Waals surface area contributed by atoms with Gasteiger partial charge in [-0.2, -0.15) is 5.11 Å². The van der Waals surface area contributed by atoms with E-state index in [1.165, 1.54) is 19.3 Å². The van der Waals surface area contributed by atoms with E-state index in [0.29, 0.717) is 0 Å². The normalized spacial score (nSPS) is 10.8. The fourth-order valence-corrected chi connectivity index (χ4v) is 0.667. The van der Waals surface area contributed by atoms with Crippen LogP contribution in [0.2, 0.25) is 0 Å². The monoisotopic (exact) mass is 129 g/mol. The quantitative estimate of drug-likeness (QED) is 0.262. The lowest BCUT2D eigenvalue weighted by Gasteiger charge is -1.91. The summed E-state index contributed by atoms with van der Waals surface area (Å²) in [5, 5.41) is 6.80. The molecule has 0 saturated heterocycles. The van der Waals surface area contributed by atoms with Crippen molar-refractivity contribution in [3.8, 4) is 0 Å². The first-order chi connectivity index (χ1) is 4.41. The van der Waals surface area contributed by atoms with Gasteiger partial charge in [0.2, 0.25) is 0 Å². The van der Waals surface area contributed by atoms with Crippen LogP contribution in [0.15, 0.2) is 10.3 Å². The van der Waals surface area contributed by atoms with Gasteiger partial charge in [0.25, 0.3) is 0 Å². The molecule has 0 aromatic carbocycles. The van der Waals surface area contributed by atoms with E-state index in [-0.39, 0.29) is 0 Å². The molecule has 0 unspecified atom stereocenters. The number of nitrogens with two attached hydrogens (primary N) is 1. The Hall–Kier alpha value is -0.600. The summed E-state index contributed by atoms with van der Waals surface area (Å²) < 4.78 is 0. The largest absolute Gasteiger partial charge is 0.305 e. The Morgan fingerprint density at radius 2 is 2.00 bits per heavy atom. The van der Waals surface area contributed by atoms with Gasteiger partial charge in [-0.3, -0.25) is 0 Å². The van der Waals surface area contributed by atoms with Crippen molar-refractivity contribution in [2.24, 2.45) is 16.2 Å². The summed E-state index contributed by atoms with van der Waals surface area (Å²) in [6, 6.07) is 0. The summed E-state index contributed by atoms with van der Waals surface area (Å²) in [4.78, 5) is 0. The summed E-state index contributed by atoms with van der Waals surface area (Å²) in [5.41, 5.74) is 0. The van der Waals surface area contributed by atoms with Gasteiger partial charge in [-0.05, 0) is 6.42 Å². The average molecular weight is 129 g/mol. The first kappa shape index (κ1) is 8.40. The van der Waals surface area contributed by atoms with Crippen LogP contribution in [0.4, 0.5) is 0 Å². The van der Waals surface area contributed by atoms with Gasteiger partial charge in [0, 0.05) is 0 Å². The molecule has 0 aromatic heterocycles. The molecule has 0 amide bonds. The second-order valence-electron chi connectivity index (χ2n) is 2.04. The zero-order valence-corrected chi connectivity index (χ0v) is 6.01. The van der Waals surface area contributed by atoms with Crippen LogP contribution in [0, 0.1) is 0 Å². The molecule has 0 aliphatic rings. The fourth-order valence-electron chi connectivity index (χ4n) is 0.667. The number of unbranched alkanes of at least 4 members (excludes halogenated alkanes) is 3. The van der Waals surface area contributed by atoms with E-state index in [1.54, 1.807) is 0 Å². The molecule has 54 valence electrons. The van der Waals surface area contributed by atoms with Gasteiger partial charge in [-0.1, -0.05) is 31.4 Å². The van der Waals surface area contributed by atoms with Crippen molar-refractivity contribution in [3.63, 3.8) is 0 Å². The van der Waals surface area contributed by atoms with Crippen LogP contribution >= 0.6 is 0 Å². The molecule has 0 bridgehead atoms. The van der Waals surface area contributed by atoms with E-state index in [2.05, 4.69) is 17.3 Å². The van der Waals surface area contributed by atoms with Crippen LogP contribution < -0.4 is 5.84 Å². The smallest absolute Gasteiger partial charge is 0.0620 e. The number of hydrogen-bond acceptors (Lipinski definition) is 2. The van der Waals surface area contributed by atoms with E-state index >= 15 is 0 Å². The molecule has 0 atom stereocenters. The predicted octanol–water partition coefficient (Wildman–Crippen LogP) is 1.89. The van der Waals surface area contributed by atoms with Crippen LogP contribution in [0.25, 0.3) is 0 Å². The van der Waals surface area contributed by atoms with Crippen molar-refractivity contribution in [1.82, 2.24) is 0 Å². The van der Waals surface area contributed by atoms with Crippen LogP contribution in [0.1, 0.15) is 32.6 Å². The van der Waals surface area contributed by atoms with Crippen molar-refractivity contribution < 1.29 is 0 Å². The number of rotatable bonds is 5. The highest BCUT2D eigenvalue weighted by atomic mass is 15.3. The fraction of sp³-hybridized carbons (Fsp3) is 1.00.